The zero-order valence-corrected chi connectivity index (χ0v) is 10.1. The highest BCUT2D eigenvalue weighted by molar-refractivity contribution is 5.85. The second kappa shape index (κ2) is 3.78. The van der Waals surface area contributed by atoms with E-state index in [4.69, 9.17) is 0 Å². The van der Waals surface area contributed by atoms with E-state index in [1.165, 1.54) is 0 Å². The van der Waals surface area contributed by atoms with Crippen LogP contribution < -0.4 is 0 Å². The van der Waals surface area contributed by atoms with Gasteiger partial charge in [0.25, 0.3) is 0 Å². The molecule has 3 nitrogen and oxygen atoms in total. The number of nitrogens with zero attached hydrogens (tertiary/aromatic N) is 2. The van der Waals surface area contributed by atoms with E-state index in [2.05, 4.69) is 25.7 Å². The van der Waals surface area contributed by atoms with Gasteiger partial charge >= 0.3 is 0 Å². The van der Waals surface area contributed by atoms with Crippen LogP contribution >= 0.6 is 0 Å². The first-order valence-electron chi connectivity index (χ1n) is 6.12. The zero-order chi connectivity index (χ0) is 11.1. The van der Waals surface area contributed by atoms with Crippen LogP contribution in [-0.4, -0.2) is 47.9 Å². The fraction of sp³-hybridized carbons (Fsp3) is 0.917. The zero-order valence-electron chi connectivity index (χ0n) is 10.1. The summed E-state index contributed by atoms with van der Waals surface area (Å²) in [5.74, 6) is 0.410. The van der Waals surface area contributed by atoms with Crippen molar-refractivity contribution in [2.45, 2.75) is 39.7 Å². The van der Waals surface area contributed by atoms with Crippen molar-refractivity contribution in [3.63, 3.8) is 0 Å². The summed E-state index contributed by atoms with van der Waals surface area (Å²) in [6.45, 7) is 10.4. The largest absolute Gasteiger partial charge is 0.342 e. The van der Waals surface area contributed by atoms with E-state index in [1.54, 1.807) is 0 Å². The molecule has 0 radical (unpaired) electrons. The Kier molecular flexibility index (Phi) is 2.75. The average Bonchev–Trinajstić information content (AvgIpc) is 2.75. The fourth-order valence-electron chi connectivity index (χ4n) is 2.92. The number of likely N-dealkylation sites (tertiary alicyclic amines) is 2. The molecule has 1 atom stereocenters. The highest BCUT2D eigenvalue weighted by Gasteiger charge is 2.50. The van der Waals surface area contributed by atoms with E-state index in [9.17, 15) is 4.79 Å². The van der Waals surface area contributed by atoms with Gasteiger partial charge in [0.15, 0.2) is 0 Å². The molecule has 0 N–H and O–H groups in total. The summed E-state index contributed by atoms with van der Waals surface area (Å²) >= 11 is 0. The number of rotatable bonds is 2. The van der Waals surface area contributed by atoms with E-state index in [0.717, 1.165) is 39.0 Å². The number of hydrogen-bond acceptors (Lipinski definition) is 2. The van der Waals surface area contributed by atoms with Crippen molar-refractivity contribution in [1.29, 1.82) is 0 Å². The molecule has 15 heavy (non-hydrogen) atoms. The number of hydrogen-bond donors (Lipinski definition) is 0. The monoisotopic (exact) mass is 210 g/mol. The van der Waals surface area contributed by atoms with Crippen LogP contribution in [0.15, 0.2) is 0 Å². The lowest BCUT2D eigenvalue weighted by molar-refractivity contribution is -0.135. The van der Waals surface area contributed by atoms with Gasteiger partial charge in [-0.25, -0.2) is 0 Å². The van der Waals surface area contributed by atoms with Crippen molar-refractivity contribution in [2.24, 2.45) is 5.41 Å². The molecule has 2 rings (SSSR count). The van der Waals surface area contributed by atoms with Crippen LogP contribution in [0.2, 0.25) is 0 Å². The first-order valence-corrected chi connectivity index (χ1v) is 6.12. The Morgan fingerprint density at radius 2 is 2.00 bits per heavy atom. The van der Waals surface area contributed by atoms with Gasteiger partial charge in [-0.1, -0.05) is 0 Å². The van der Waals surface area contributed by atoms with Gasteiger partial charge in [0.1, 0.15) is 0 Å². The number of amides is 1. The maximum Gasteiger partial charge on any atom is 0.230 e. The smallest absolute Gasteiger partial charge is 0.230 e. The highest BCUT2D eigenvalue weighted by atomic mass is 16.2. The topological polar surface area (TPSA) is 23.6 Å². The minimum absolute atomic E-state index is 0.0136. The summed E-state index contributed by atoms with van der Waals surface area (Å²) < 4.78 is 0. The molecule has 2 saturated heterocycles. The molecule has 2 aliphatic heterocycles. The SMILES string of the molecule is CCN1CCC2(CCN(C(C)C)C2)C1=O. The van der Waals surface area contributed by atoms with E-state index in [0.29, 0.717) is 11.9 Å². The molecule has 0 bridgehead atoms. The maximum atomic E-state index is 12.2. The van der Waals surface area contributed by atoms with Crippen molar-refractivity contribution in [3.8, 4) is 0 Å². The molecule has 3 heteroatoms. The summed E-state index contributed by atoms with van der Waals surface area (Å²) in [5, 5.41) is 0. The molecule has 1 amide bonds. The summed E-state index contributed by atoms with van der Waals surface area (Å²) in [6.07, 6.45) is 2.14. The molecule has 0 aliphatic carbocycles. The van der Waals surface area contributed by atoms with Crippen molar-refractivity contribution >= 4 is 5.91 Å². The third-order valence-corrected chi connectivity index (χ3v) is 4.10. The van der Waals surface area contributed by atoms with E-state index >= 15 is 0 Å². The summed E-state index contributed by atoms with van der Waals surface area (Å²) in [5.41, 5.74) is -0.0136. The van der Waals surface area contributed by atoms with E-state index < -0.39 is 0 Å². The second-order valence-electron chi connectivity index (χ2n) is 5.23. The first kappa shape index (κ1) is 10.9. The Hall–Kier alpha value is -0.570. The summed E-state index contributed by atoms with van der Waals surface area (Å²) in [7, 11) is 0. The van der Waals surface area contributed by atoms with Crippen LogP contribution in [-0.2, 0) is 4.79 Å². The lowest BCUT2D eigenvalue weighted by Gasteiger charge is -2.25. The predicted molar refractivity (Wildman–Crippen MR) is 60.6 cm³/mol. The van der Waals surface area contributed by atoms with Crippen LogP contribution in [0.3, 0.4) is 0 Å². The fourth-order valence-corrected chi connectivity index (χ4v) is 2.92. The molecule has 0 aromatic carbocycles. The third-order valence-electron chi connectivity index (χ3n) is 4.10. The molecule has 2 fully saturated rings. The summed E-state index contributed by atoms with van der Waals surface area (Å²) in [4.78, 5) is 16.7. The molecule has 0 aromatic heterocycles. The van der Waals surface area contributed by atoms with E-state index in [1.807, 2.05) is 4.90 Å². The number of carbonyl (C=O) groups is 1. The summed E-state index contributed by atoms with van der Waals surface area (Å²) in [6, 6.07) is 0.577. The van der Waals surface area contributed by atoms with Gasteiger partial charge in [-0.2, -0.15) is 0 Å². The van der Waals surface area contributed by atoms with Crippen LogP contribution in [0.5, 0.6) is 0 Å². The molecule has 1 unspecified atom stereocenters. The molecular formula is C12H22N2O. The van der Waals surface area contributed by atoms with Crippen LogP contribution in [0.4, 0.5) is 0 Å². The lowest BCUT2D eigenvalue weighted by Crippen LogP contribution is -2.38. The number of carbonyl (C=O) groups excluding carboxylic acids is 1. The lowest BCUT2D eigenvalue weighted by atomic mass is 9.85. The molecule has 2 heterocycles. The van der Waals surface area contributed by atoms with Crippen LogP contribution in [0.25, 0.3) is 0 Å². The second-order valence-corrected chi connectivity index (χ2v) is 5.23. The van der Waals surface area contributed by atoms with E-state index in [-0.39, 0.29) is 5.41 Å². The van der Waals surface area contributed by atoms with Crippen molar-refractivity contribution in [1.82, 2.24) is 9.80 Å². The van der Waals surface area contributed by atoms with Gasteiger partial charge in [0, 0.05) is 25.7 Å². The van der Waals surface area contributed by atoms with Gasteiger partial charge in [-0.05, 0) is 40.2 Å². The molecule has 2 aliphatic rings. The Morgan fingerprint density at radius 1 is 1.33 bits per heavy atom. The van der Waals surface area contributed by atoms with Crippen molar-refractivity contribution in [3.05, 3.63) is 0 Å². The molecule has 0 saturated carbocycles. The Labute approximate surface area is 92.4 Å². The standard InChI is InChI=1S/C12H22N2O/c1-4-13-7-5-12(11(13)15)6-8-14(9-12)10(2)3/h10H,4-9H2,1-3H3. The Bertz CT molecular complexity index is 264. The molecule has 1 spiro atoms. The van der Waals surface area contributed by atoms with Gasteiger partial charge in [0.2, 0.25) is 5.91 Å². The highest BCUT2D eigenvalue weighted by Crippen LogP contribution is 2.40. The normalized spacial score (nSPS) is 32.5. The minimum atomic E-state index is -0.0136. The van der Waals surface area contributed by atoms with Gasteiger partial charge in [-0.15, -0.1) is 0 Å². The molecule has 86 valence electrons. The maximum absolute atomic E-state index is 12.2. The quantitative estimate of drug-likeness (QED) is 0.686. The van der Waals surface area contributed by atoms with Gasteiger partial charge in [0.05, 0.1) is 5.41 Å². The van der Waals surface area contributed by atoms with Gasteiger partial charge < -0.3 is 4.90 Å². The third kappa shape index (κ3) is 1.67. The first-order chi connectivity index (χ1) is 7.09. The minimum Gasteiger partial charge on any atom is -0.342 e. The predicted octanol–water partition coefficient (Wildman–Crippen LogP) is 1.34. The Balaban J connectivity index is 2.08. The molecular weight excluding hydrogens is 188 g/mol. The van der Waals surface area contributed by atoms with Gasteiger partial charge in [-0.3, -0.25) is 9.69 Å². The van der Waals surface area contributed by atoms with Crippen molar-refractivity contribution in [2.75, 3.05) is 26.2 Å². The van der Waals surface area contributed by atoms with Crippen molar-refractivity contribution < 1.29 is 4.79 Å². The van der Waals surface area contributed by atoms with Crippen LogP contribution in [0.1, 0.15) is 33.6 Å². The average molecular weight is 210 g/mol. The Morgan fingerprint density at radius 3 is 2.47 bits per heavy atom. The molecule has 0 aromatic rings. The van der Waals surface area contributed by atoms with Crippen LogP contribution in [0, 0.1) is 5.41 Å².